The molecule has 1 rings (SSSR count). The van der Waals surface area contributed by atoms with Crippen LogP contribution in [0.3, 0.4) is 0 Å². The summed E-state index contributed by atoms with van der Waals surface area (Å²) >= 11 is 5.51. The van der Waals surface area contributed by atoms with Crippen molar-refractivity contribution in [3.05, 3.63) is 28.8 Å². The van der Waals surface area contributed by atoms with E-state index in [0.717, 1.165) is 31.7 Å². The number of alkyl halides is 3. The molecule has 140 valence electrons. The number of carbonyl (C=O) groups excluding carboxylic acids is 2. The number of hydrogen-bond acceptors (Lipinski definition) is 2. The van der Waals surface area contributed by atoms with Crippen molar-refractivity contribution in [1.29, 1.82) is 0 Å². The summed E-state index contributed by atoms with van der Waals surface area (Å²) in [4.78, 5) is 23.7. The molecular weight excluding hydrogens is 357 g/mol. The van der Waals surface area contributed by atoms with E-state index in [-0.39, 0.29) is 11.6 Å². The maximum Gasteiger partial charge on any atom is 0.417 e. The summed E-state index contributed by atoms with van der Waals surface area (Å²) in [5.41, 5.74) is -1.21. The first-order valence-electron chi connectivity index (χ1n) is 8.14. The minimum absolute atomic E-state index is 0.144. The Morgan fingerprint density at radius 2 is 1.88 bits per heavy atom. The molecule has 1 atom stereocenters. The van der Waals surface area contributed by atoms with Crippen molar-refractivity contribution in [2.45, 2.75) is 45.7 Å². The maximum atomic E-state index is 12.8. The topological polar surface area (TPSA) is 58.2 Å². The van der Waals surface area contributed by atoms with E-state index in [9.17, 15) is 22.8 Å². The van der Waals surface area contributed by atoms with Crippen molar-refractivity contribution < 1.29 is 22.8 Å². The first kappa shape index (κ1) is 21.3. The second-order valence-corrected chi connectivity index (χ2v) is 6.18. The Bertz CT molecular complexity index is 606. The number of rotatable bonds is 7. The lowest BCUT2D eigenvalue weighted by molar-refractivity contribution is -0.137. The fraction of sp³-hybridized carbons (Fsp3) is 0.529. The lowest BCUT2D eigenvalue weighted by Crippen LogP contribution is -2.38. The van der Waals surface area contributed by atoms with Gasteiger partial charge in [0.05, 0.1) is 10.6 Å². The molecule has 0 saturated carbocycles. The number of unbranched alkanes of at least 4 members (excludes halogenated alkanes) is 1. The predicted molar refractivity (Wildman–Crippen MR) is 91.4 cm³/mol. The van der Waals surface area contributed by atoms with Crippen molar-refractivity contribution in [2.75, 3.05) is 11.9 Å². The minimum Gasteiger partial charge on any atom is -0.348 e. The zero-order valence-corrected chi connectivity index (χ0v) is 14.9. The highest BCUT2D eigenvalue weighted by Crippen LogP contribution is 2.36. The molecule has 0 fully saturated rings. The number of carbonyl (C=O) groups is 2. The van der Waals surface area contributed by atoms with E-state index in [4.69, 9.17) is 11.6 Å². The van der Waals surface area contributed by atoms with Crippen LogP contribution >= 0.6 is 11.6 Å². The fourth-order valence-corrected chi connectivity index (χ4v) is 2.49. The Balaban J connectivity index is 2.65. The van der Waals surface area contributed by atoms with Crippen LogP contribution in [0, 0.1) is 5.92 Å². The van der Waals surface area contributed by atoms with Gasteiger partial charge in [-0.3, -0.25) is 9.59 Å². The third-order valence-corrected chi connectivity index (χ3v) is 4.16. The number of hydrogen-bond donors (Lipinski definition) is 2. The summed E-state index contributed by atoms with van der Waals surface area (Å²) in [7, 11) is 0. The molecule has 0 bridgehead atoms. The van der Waals surface area contributed by atoms with Crippen LogP contribution in [-0.2, 0) is 15.8 Å². The van der Waals surface area contributed by atoms with Gasteiger partial charge in [-0.25, -0.2) is 0 Å². The summed E-state index contributed by atoms with van der Waals surface area (Å²) in [6, 6.07) is 2.93. The molecule has 0 aliphatic rings. The van der Waals surface area contributed by atoms with E-state index in [1.165, 1.54) is 6.07 Å². The zero-order valence-electron chi connectivity index (χ0n) is 14.2. The third-order valence-electron chi connectivity index (χ3n) is 3.83. The number of nitrogens with one attached hydrogen (secondary N) is 2. The van der Waals surface area contributed by atoms with Crippen molar-refractivity contribution in [3.63, 3.8) is 0 Å². The molecule has 2 amide bonds. The highest BCUT2D eigenvalue weighted by atomic mass is 35.5. The molecular formula is C17H22ClF3N2O2. The normalized spacial score (nSPS) is 12.6. The first-order chi connectivity index (χ1) is 11.7. The summed E-state index contributed by atoms with van der Waals surface area (Å²) in [5.74, 6) is -1.62. The van der Waals surface area contributed by atoms with Crippen molar-refractivity contribution in [1.82, 2.24) is 5.32 Å². The van der Waals surface area contributed by atoms with E-state index >= 15 is 0 Å². The van der Waals surface area contributed by atoms with E-state index in [0.29, 0.717) is 12.6 Å². The van der Waals surface area contributed by atoms with Gasteiger partial charge in [-0.15, -0.1) is 0 Å². The van der Waals surface area contributed by atoms with Gasteiger partial charge in [0.25, 0.3) is 0 Å². The van der Waals surface area contributed by atoms with Crippen LogP contribution in [-0.4, -0.2) is 18.4 Å². The summed E-state index contributed by atoms with van der Waals surface area (Å²) in [6.07, 6.45) is -0.753. The Hall–Kier alpha value is -1.76. The molecule has 0 aliphatic heterocycles. The Morgan fingerprint density at radius 1 is 1.20 bits per heavy atom. The minimum atomic E-state index is -4.65. The number of anilines is 1. The molecule has 0 spiro atoms. The monoisotopic (exact) mass is 378 g/mol. The Kier molecular flexibility index (Phi) is 8.22. The third kappa shape index (κ3) is 6.94. The van der Waals surface area contributed by atoms with Crippen LogP contribution in [0.15, 0.2) is 18.2 Å². The maximum absolute atomic E-state index is 12.8. The van der Waals surface area contributed by atoms with Crippen LogP contribution in [0.5, 0.6) is 0 Å². The van der Waals surface area contributed by atoms with Gasteiger partial charge < -0.3 is 10.6 Å². The molecule has 0 saturated heterocycles. The van der Waals surface area contributed by atoms with E-state index in [1.807, 2.05) is 6.92 Å². The summed E-state index contributed by atoms with van der Waals surface area (Å²) in [5, 5.41) is 4.20. The van der Waals surface area contributed by atoms with Crippen LogP contribution in [0.2, 0.25) is 5.02 Å². The molecule has 25 heavy (non-hydrogen) atoms. The van der Waals surface area contributed by atoms with Crippen molar-refractivity contribution in [3.8, 4) is 0 Å². The fourth-order valence-electron chi connectivity index (χ4n) is 2.27. The molecule has 0 heterocycles. The van der Waals surface area contributed by atoms with Crippen molar-refractivity contribution in [2.24, 2.45) is 5.92 Å². The standard InChI is InChI=1S/C17H22ClF3N2O2/c1-3-5-6-11(4-2)10-22-15(24)16(25)23-12-7-8-14(18)13(9-12)17(19,20)21/h7-9,11H,3-6,10H2,1-2H3,(H,22,24)(H,23,25)/t11-/m0/s1. The SMILES string of the molecule is CCCC[C@H](CC)CNC(=O)C(=O)Nc1ccc(Cl)c(C(F)(F)F)c1. The van der Waals surface area contributed by atoms with E-state index < -0.39 is 28.6 Å². The average molecular weight is 379 g/mol. The molecule has 8 heteroatoms. The number of halogens is 4. The first-order valence-corrected chi connectivity index (χ1v) is 8.52. The summed E-state index contributed by atoms with van der Waals surface area (Å²) in [6.45, 7) is 4.43. The highest BCUT2D eigenvalue weighted by molar-refractivity contribution is 6.39. The van der Waals surface area contributed by atoms with Gasteiger partial charge in [0.2, 0.25) is 0 Å². The van der Waals surface area contributed by atoms with Crippen molar-refractivity contribution >= 4 is 29.1 Å². The van der Waals surface area contributed by atoms with Crippen LogP contribution in [0.1, 0.15) is 45.1 Å². The van der Waals surface area contributed by atoms with Gasteiger partial charge in [0, 0.05) is 12.2 Å². The van der Waals surface area contributed by atoms with Gasteiger partial charge in [-0.1, -0.05) is 44.7 Å². The highest BCUT2D eigenvalue weighted by Gasteiger charge is 2.33. The van der Waals surface area contributed by atoms with Crippen LogP contribution in [0.4, 0.5) is 18.9 Å². The molecule has 2 N–H and O–H groups in total. The zero-order chi connectivity index (χ0) is 19.0. The van der Waals surface area contributed by atoms with Gasteiger partial charge >= 0.3 is 18.0 Å². The molecule has 1 aromatic carbocycles. The average Bonchev–Trinajstić information content (AvgIpc) is 2.55. The molecule has 4 nitrogen and oxygen atoms in total. The second kappa shape index (κ2) is 9.65. The van der Waals surface area contributed by atoms with E-state index in [2.05, 4.69) is 17.6 Å². The number of amides is 2. The van der Waals surface area contributed by atoms with Gasteiger partial charge in [0.15, 0.2) is 0 Å². The van der Waals surface area contributed by atoms with E-state index in [1.54, 1.807) is 0 Å². The second-order valence-electron chi connectivity index (χ2n) is 5.77. The lowest BCUT2D eigenvalue weighted by Gasteiger charge is -2.15. The largest absolute Gasteiger partial charge is 0.417 e. The lowest BCUT2D eigenvalue weighted by atomic mass is 9.99. The molecule has 0 radical (unpaired) electrons. The molecule has 1 aromatic rings. The summed E-state index contributed by atoms with van der Waals surface area (Å²) < 4.78 is 38.4. The van der Waals surface area contributed by atoms with Gasteiger partial charge in [-0.2, -0.15) is 13.2 Å². The smallest absolute Gasteiger partial charge is 0.348 e. The number of benzene rings is 1. The Labute approximate surface area is 150 Å². The predicted octanol–water partition coefficient (Wildman–Crippen LogP) is 4.63. The van der Waals surface area contributed by atoms with Gasteiger partial charge in [0.1, 0.15) is 0 Å². The Morgan fingerprint density at radius 3 is 2.44 bits per heavy atom. The van der Waals surface area contributed by atoms with Gasteiger partial charge in [-0.05, 0) is 30.5 Å². The molecule has 0 aromatic heterocycles. The molecule has 0 unspecified atom stereocenters. The molecule has 0 aliphatic carbocycles. The van der Waals surface area contributed by atoms with Crippen LogP contribution in [0.25, 0.3) is 0 Å². The van der Waals surface area contributed by atoms with Crippen LogP contribution < -0.4 is 10.6 Å². The quantitative estimate of drug-likeness (QED) is 0.679.